The van der Waals surface area contributed by atoms with Crippen LogP contribution in [0.25, 0.3) is 0 Å². The van der Waals surface area contributed by atoms with Gasteiger partial charge >= 0.3 is 0 Å². The fraction of sp³-hybridized carbons (Fsp3) is 0.792. The van der Waals surface area contributed by atoms with Crippen LogP contribution in [0.2, 0.25) is 0 Å². The average Bonchev–Trinajstić information content (AvgIpc) is 3.16. The van der Waals surface area contributed by atoms with Crippen molar-refractivity contribution in [1.29, 1.82) is 0 Å². The van der Waals surface area contributed by atoms with E-state index in [2.05, 4.69) is 39.1 Å². The van der Waals surface area contributed by atoms with Gasteiger partial charge in [-0.1, -0.05) is 32.4 Å². The van der Waals surface area contributed by atoms with E-state index in [1.165, 1.54) is 0 Å². The number of aliphatic hydroxyl groups is 1. The van der Waals surface area contributed by atoms with Crippen LogP contribution in [0, 0.1) is 40.9 Å². The summed E-state index contributed by atoms with van der Waals surface area (Å²) in [4.78, 5) is 40.7. The van der Waals surface area contributed by atoms with Gasteiger partial charge in [-0.25, -0.2) is 0 Å². The van der Waals surface area contributed by atoms with Gasteiger partial charge in [0.15, 0.2) is 11.6 Å². The molecular weight excluding hydrogens is 382 g/mol. The second-order valence-electron chi connectivity index (χ2n) is 11.1. The summed E-state index contributed by atoms with van der Waals surface area (Å²) in [5, 5.41) is 14.4. The Labute approximate surface area is 177 Å². The number of hydrogen-bond acceptors (Lipinski definition) is 5. The van der Waals surface area contributed by atoms with E-state index in [4.69, 9.17) is 4.74 Å². The highest BCUT2D eigenvalue weighted by Gasteiger charge is 2.76. The second kappa shape index (κ2) is 6.26. The number of carbonyl (C=O) groups is 3. The molecule has 4 fully saturated rings. The van der Waals surface area contributed by atoms with Crippen molar-refractivity contribution >= 4 is 17.5 Å². The number of amides is 1. The van der Waals surface area contributed by atoms with Gasteiger partial charge in [0.2, 0.25) is 5.91 Å². The van der Waals surface area contributed by atoms with Crippen LogP contribution in [0.1, 0.15) is 53.9 Å². The molecule has 6 nitrogen and oxygen atoms in total. The second-order valence-corrected chi connectivity index (χ2v) is 11.1. The van der Waals surface area contributed by atoms with E-state index in [0.29, 0.717) is 18.8 Å². The first kappa shape index (κ1) is 20.4. The molecule has 1 amide bonds. The maximum absolute atomic E-state index is 13.9. The van der Waals surface area contributed by atoms with E-state index in [9.17, 15) is 19.5 Å². The number of ketones is 2. The standard InChI is InChI=1S/C24H33NO5/c1-10(2)8-14-17-12(4)11(3)9-13-18-16(19(26)15-6-7-23(18,5)30-15)20(27)21(28)24(13,17)22(29)25-14/h9-10,12-18,20,27H,6-8H2,1-5H3,(H,25,29). The summed E-state index contributed by atoms with van der Waals surface area (Å²) >= 11 is 0. The average molecular weight is 416 g/mol. The summed E-state index contributed by atoms with van der Waals surface area (Å²) in [5.41, 5.74) is -0.771. The molecule has 3 aliphatic heterocycles. The molecule has 5 aliphatic rings. The molecule has 3 heterocycles. The molecular formula is C24H33NO5. The first-order chi connectivity index (χ1) is 14.0. The van der Waals surface area contributed by atoms with Crippen LogP contribution < -0.4 is 5.32 Å². The van der Waals surface area contributed by atoms with Crippen LogP contribution in [0.4, 0.5) is 0 Å². The number of nitrogens with one attached hydrogen (secondary N) is 1. The number of Topliss-reactive ketones (excluding diaryl/α,β-unsaturated/α-hetero) is 2. The number of carbonyl (C=O) groups excluding carboxylic acids is 3. The summed E-state index contributed by atoms with van der Waals surface area (Å²) in [7, 11) is 0. The van der Waals surface area contributed by atoms with Crippen molar-refractivity contribution < 1.29 is 24.2 Å². The van der Waals surface area contributed by atoms with Gasteiger partial charge in [0, 0.05) is 23.8 Å². The van der Waals surface area contributed by atoms with Crippen LogP contribution in [0.5, 0.6) is 0 Å². The molecule has 0 aromatic heterocycles. The molecule has 6 heteroatoms. The molecule has 10 atom stereocenters. The summed E-state index contributed by atoms with van der Waals surface area (Å²) in [5.74, 6) is -2.27. The first-order valence-corrected chi connectivity index (χ1v) is 11.5. The van der Waals surface area contributed by atoms with Crippen molar-refractivity contribution in [2.45, 2.75) is 77.7 Å². The largest absolute Gasteiger partial charge is 0.385 e. The third kappa shape index (κ3) is 2.24. The summed E-state index contributed by atoms with van der Waals surface area (Å²) in [6.07, 6.45) is 2.21. The van der Waals surface area contributed by atoms with Crippen LogP contribution >= 0.6 is 0 Å². The fourth-order valence-electron chi connectivity index (χ4n) is 7.79. The smallest absolute Gasteiger partial charge is 0.235 e. The van der Waals surface area contributed by atoms with Crippen molar-refractivity contribution in [2.24, 2.45) is 40.9 Å². The lowest BCUT2D eigenvalue weighted by molar-refractivity contribution is -0.206. The molecule has 0 aromatic carbocycles. The predicted molar refractivity (Wildman–Crippen MR) is 109 cm³/mol. The lowest BCUT2D eigenvalue weighted by atomic mass is 9.44. The Balaban J connectivity index is 1.72. The van der Waals surface area contributed by atoms with Gasteiger partial charge in [-0.3, -0.25) is 14.4 Å². The summed E-state index contributed by atoms with van der Waals surface area (Å²) < 4.78 is 6.20. The quantitative estimate of drug-likeness (QED) is 0.532. The third-order valence-electron chi connectivity index (χ3n) is 9.06. The van der Waals surface area contributed by atoms with Crippen molar-refractivity contribution in [2.75, 3.05) is 0 Å². The molecule has 3 saturated heterocycles. The molecule has 164 valence electrons. The van der Waals surface area contributed by atoms with Gasteiger partial charge in [-0.2, -0.15) is 0 Å². The Kier molecular flexibility index (Phi) is 4.25. The van der Waals surface area contributed by atoms with Gasteiger partial charge in [0.05, 0.1) is 11.5 Å². The minimum atomic E-state index is -1.44. The molecule has 2 aliphatic carbocycles. The van der Waals surface area contributed by atoms with Crippen molar-refractivity contribution in [3.05, 3.63) is 11.6 Å². The highest BCUT2D eigenvalue weighted by atomic mass is 16.5. The molecule has 10 unspecified atom stereocenters. The van der Waals surface area contributed by atoms with E-state index in [1.54, 1.807) is 0 Å². The van der Waals surface area contributed by atoms with E-state index >= 15 is 0 Å². The van der Waals surface area contributed by atoms with Gasteiger partial charge in [0.25, 0.3) is 0 Å². The Bertz CT molecular complexity index is 864. The number of aliphatic hydroxyl groups excluding tert-OH is 1. The lowest BCUT2D eigenvalue weighted by Crippen LogP contribution is -2.70. The molecule has 0 radical (unpaired) electrons. The van der Waals surface area contributed by atoms with Crippen LogP contribution in [-0.4, -0.2) is 46.4 Å². The molecule has 2 bridgehead atoms. The minimum Gasteiger partial charge on any atom is -0.385 e. The first-order valence-electron chi connectivity index (χ1n) is 11.5. The zero-order valence-corrected chi connectivity index (χ0v) is 18.5. The normalized spacial score (nSPS) is 52.0. The Morgan fingerprint density at radius 3 is 2.63 bits per heavy atom. The lowest BCUT2D eigenvalue weighted by Gasteiger charge is -2.58. The Morgan fingerprint density at radius 2 is 1.97 bits per heavy atom. The SMILES string of the molecule is CC1=CC2C3C(C(=O)C4CCC3(C)O4)C(O)C(=O)C23C(=O)NC(CC(C)C)C3C1C. The molecule has 5 rings (SSSR count). The summed E-state index contributed by atoms with van der Waals surface area (Å²) in [6.45, 7) is 10.4. The van der Waals surface area contributed by atoms with Gasteiger partial charge in [0.1, 0.15) is 17.6 Å². The highest BCUT2D eigenvalue weighted by molar-refractivity contribution is 6.13. The van der Waals surface area contributed by atoms with E-state index < -0.39 is 40.8 Å². The Morgan fingerprint density at radius 1 is 1.27 bits per heavy atom. The van der Waals surface area contributed by atoms with E-state index in [0.717, 1.165) is 12.0 Å². The van der Waals surface area contributed by atoms with Gasteiger partial charge < -0.3 is 15.2 Å². The molecule has 1 spiro atoms. The zero-order valence-electron chi connectivity index (χ0n) is 18.5. The Hall–Kier alpha value is -1.53. The molecule has 0 aromatic rings. The number of allylic oxidation sites excluding steroid dienone is 2. The van der Waals surface area contributed by atoms with Crippen molar-refractivity contribution in [1.82, 2.24) is 5.32 Å². The minimum absolute atomic E-state index is 0.0426. The maximum atomic E-state index is 13.9. The number of hydrogen-bond donors (Lipinski definition) is 2. The van der Waals surface area contributed by atoms with Crippen LogP contribution in [-0.2, 0) is 19.1 Å². The third-order valence-corrected chi connectivity index (χ3v) is 9.06. The number of rotatable bonds is 2. The highest BCUT2D eigenvalue weighted by Crippen LogP contribution is 2.64. The molecule has 1 saturated carbocycles. The van der Waals surface area contributed by atoms with Gasteiger partial charge in [-0.15, -0.1) is 0 Å². The molecule has 2 N–H and O–H groups in total. The topological polar surface area (TPSA) is 92.7 Å². The monoisotopic (exact) mass is 415 g/mol. The molecule has 30 heavy (non-hydrogen) atoms. The number of ether oxygens (including phenoxy) is 1. The van der Waals surface area contributed by atoms with Crippen LogP contribution in [0.15, 0.2) is 11.6 Å². The zero-order chi connectivity index (χ0) is 21.7. The van der Waals surface area contributed by atoms with Gasteiger partial charge in [-0.05, 0) is 44.9 Å². The van der Waals surface area contributed by atoms with Crippen LogP contribution in [0.3, 0.4) is 0 Å². The fourth-order valence-corrected chi connectivity index (χ4v) is 7.79. The summed E-state index contributed by atoms with van der Waals surface area (Å²) in [6, 6.07) is -0.115. The van der Waals surface area contributed by atoms with Crippen molar-refractivity contribution in [3.8, 4) is 0 Å². The maximum Gasteiger partial charge on any atom is 0.235 e. The predicted octanol–water partition coefficient (Wildman–Crippen LogP) is 2.04. The van der Waals surface area contributed by atoms with Crippen molar-refractivity contribution in [3.63, 3.8) is 0 Å². The van der Waals surface area contributed by atoms with E-state index in [1.807, 2.05) is 6.92 Å². The number of fused-ring (bicyclic) bond motifs is 5. The van der Waals surface area contributed by atoms with E-state index in [-0.39, 0.29) is 35.5 Å².